The summed E-state index contributed by atoms with van der Waals surface area (Å²) in [5, 5.41) is 8.93. The zero-order chi connectivity index (χ0) is 6.97. The summed E-state index contributed by atoms with van der Waals surface area (Å²) >= 11 is 0. The molecule has 3 nitrogen and oxygen atoms in total. The van der Waals surface area contributed by atoms with Crippen LogP contribution in [-0.4, -0.2) is 16.3 Å². The molecule has 0 atom stereocenters. The van der Waals surface area contributed by atoms with E-state index in [1.165, 1.54) is 0 Å². The molecule has 1 aromatic rings. The van der Waals surface area contributed by atoms with Crippen molar-refractivity contribution in [2.75, 3.05) is 0 Å². The van der Waals surface area contributed by atoms with E-state index in [9.17, 15) is 0 Å². The van der Waals surface area contributed by atoms with E-state index < -0.39 is 0 Å². The van der Waals surface area contributed by atoms with Crippen LogP contribution in [0.5, 0.6) is 5.88 Å². The van der Waals surface area contributed by atoms with E-state index in [4.69, 9.17) is 5.11 Å². The van der Waals surface area contributed by atoms with Crippen molar-refractivity contribution >= 4 is 18.6 Å². The Morgan fingerprint density at radius 2 is 2.36 bits per heavy atom. The molecule has 11 heavy (non-hydrogen) atoms. The summed E-state index contributed by atoms with van der Waals surface area (Å²) in [5.74, 6) is 0.0734. The van der Waals surface area contributed by atoms with Gasteiger partial charge in [0.15, 0.2) is 0 Å². The van der Waals surface area contributed by atoms with Crippen LogP contribution < -0.4 is 0 Å². The van der Waals surface area contributed by atoms with Crippen LogP contribution in [0.1, 0.15) is 12.6 Å². The zero-order valence-electron chi connectivity index (χ0n) is 6.69. The quantitative estimate of drug-likeness (QED) is 0.639. The van der Waals surface area contributed by atoms with Gasteiger partial charge in [-0.2, -0.15) is 0 Å². The van der Waals surface area contributed by atoms with Crippen LogP contribution in [0.3, 0.4) is 0 Å². The number of hydrogen-bond acceptors (Lipinski definition) is 3. The number of hydrogen-bond donors (Lipinski definition) is 1. The van der Waals surface area contributed by atoms with Crippen LogP contribution in [0, 0.1) is 0 Å². The molecule has 4 heteroatoms. The average Bonchev–Trinajstić information content (AvgIpc) is 2.33. The van der Waals surface area contributed by atoms with Crippen molar-refractivity contribution in [3.05, 3.63) is 23.4 Å². The minimum atomic E-state index is 0. The number of nitrogens with zero attached hydrogens (tertiary/aromatic N) is 2. The molecule has 58 valence electrons. The van der Waals surface area contributed by atoms with Crippen molar-refractivity contribution in [2.24, 2.45) is 4.99 Å². The molecule has 0 spiro atoms. The van der Waals surface area contributed by atoms with E-state index in [-0.39, 0.29) is 19.7 Å². The first kappa shape index (κ1) is 8.01. The highest BCUT2D eigenvalue weighted by Gasteiger charge is 2.05. The third kappa shape index (κ3) is 1.33. The van der Waals surface area contributed by atoms with Crippen LogP contribution in [-0.2, 0) is 6.54 Å². The molecule has 0 amide bonds. The largest absolute Gasteiger partial charge is 1.00 e. The molecule has 2 rings (SSSR count). The van der Waals surface area contributed by atoms with E-state index in [0.29, 0.717) is 6.54 Å². The molecule has 2 heterocycles. The number of aliphatic imine (C=N–C) groups is 1. The van der Waals surface area contributed by atoms with Crippen molar-refractivity contribution < 1.29 is 6.53 Å². The Labute approximate surface area is 71.7 Å². The second-order valence-electron chi connectivity index (χ2n) is 2.21. The Bertz CT molecular complexity index is 303. The number of pyridine rings is 1. The molecule has 0 saturated heterocycles. The standard InChI is InChI=1S/C7H6N2O.ClH/c10-7-1-5-2-8-3-6(5)4-9-7;/h1,3-4H,2H2,(H,9,10);1H/p+1. The van der Waals surface area contributed by atoms with Crippen molar-refractivity contribution in [3.63, 3.8) is 0 Å². The summed E-state index contributed by atoms with van der Waals surface area (Å²) in [6.45, 7) is 0.672. The topological polar surface area (TPSA) is 45.5 Å². The molecule has 0 unspecified atom stereocenters. The van der Waals surface area contributed by atoms with Gasteiger partial charge in [0.05, 0.1) is 6.54 Å². The predicted octanol–water partition coefficient (Wildman–Crippen LogP) is 1.25. The minimum absolute atomic E-state index is 0. The van der Waals surface area contributed by atoms with E-state index in [1.54, 1.807) is 18.5 Å². The van der Waals surface area contributed by atoms with Gasteiger partial charge in [0.2, 0.25) is 5.88 Å². The van der Waals surface area contributed by atoms with E-state index >= 15 is 0 Å². The van der Waals surface area contributed by atoms with Crippen LogP contribution in [0.25, 0.3) is 0 Å². The third-order valence-corrected chi connectivity index (χ3v) is 1.50. The molecule has 1 aliphatic rings. The zero-order valence-corrected chi connectivity index (χ0v) is 6.51. The summed E-state index contributed by atoms with van der Waals surface area (Å²) in [4.78, 5) is 7.73. The molecule has 1 N–H and O–H groups in total. The van der Waals surface area contributed by atoms with Crippen molar-refractivity contribution in [1.29, 1.82) is 0 Å². The van der Waals surface area contributed by atoms with Gasteiger partial charge in [-0.05, 0) is 5.56 Å². The van der Waals surface area contributed by atoms with Crippen LogP contribution >= 0.6 is 12.4 Å². The molecule has 0 aliphatic carbocycles. The lowest BCUT2D eigenvalue weighted by molar-refractivity contribution is 0.452. The Morgan fingerprint density at radius 1 is 1.55 bits per heavy atom. The fraction of sp³-hybridized carbons (Fsp3) is 0.143. The van der Waals surface area contributed by atoms with Crippen LogP contribution in [0.4, 0.5) is 0 Å². The normalized spacial score (nSPS) is 12.4. The SMILES string of the molecule is Cl.Oc1cc2c(cn1)C=NC2.[H+]. The van der Waals surface area contributed by atoms with Gasteiger partial charge in [-0.3, -0.25) is 4.99 Å². The maximum absolute atomic E-state index is 8.93. The fourth-order valence-corrected chi connectivity index (χ4v) is 0.991. The molecule has 0 aromatic carbocycles. The van der Waals surface area contributed by atoms with Gasteiger partial charge in [-0.25, -0.2) is 4.98 Å². The van der Waals surface area contributed by atoms with Crippen molar-refractivity contribution in [2.45, 2.75) is 6.54 Å². The number of rotatable bonds is 0. The molecular weight excluding hydrogens is 164 g/mol. The molecule has 0 radical (unpaired) electrons. The van der Waals surface area contributed by atoms with Gasteiger partial charge in [-0.15, -0.1) is 12.4 Å². The summed E-state index contributed by atoms with van der Waals surface area (Å²) in [7, 11) is 0. The molecular formula is C7H8ClN2O+. The first-order chi connectivity index (χ1) is 4.86. The van der Waals surface area contributed by atoms with E-state index in [2.05, 4.69) is 9.98 Å². The van der Waals surface area contributed by atoms with Gasteiger partial charge in [0.1, 0.15) is 0 Å². The van der Waals surface area contributed by atoms with Crippen molar-refractivity contribution in [1.82, 2.24) is 4.98 Å². The van der Waals surface area contributed by atoms with Gasteiger partial charge in [0.25, 0.3) is 0 Å². The molecule has 1 aliphatic heterocycles. The van der Waals surface area contributed by atoms with E-state index in [1.807, 2.05) is 0 Å². The first-order valence-electron chi connectivity index (χ1n) is 3.04. The van der Waals surface area contributed by atoms with Crippen LogP contribution in [0.2, 0.25) is 0 Å². The predicted molar refractivity (Wildman–Crippen MR) is 45.6 cm³/mol. The number of aromatic nitrogens is 1. The maximum Gasteiger partial charge on any atom is 1.00 e. The lowest BCUT2D eigenvalue weighted by Gasteiger charge is -1.94. The maximum atomic E-state index is 8.93. The Kier molecular flexibility index (Phi) is 2.10. The van der Waals surface area contributed by atoms with E-state index in [0.717, 1.165) is 11.1 Å². The third-order valence-electron chi connectivity index (χ3n) is 1.50. The van der Waals surface area contributed by atoms with Gasteiger partial charge < -0.3 is 5.11 Å². The summed E-state index contributed by atoms with van der Waals surface area (Å²) in [6, 6.07) is 1.64. The molecule has 0 fully saturated rings. The summed E-state index contributed by atoms with van der Waals surface area (Å²) < 4.78 is 0. The second kappa shape index (κ2) is 2.88. The Balaban J connectivity index is 0.000000605. The average molecular weight is 172 g/mol. The highest BCUT2D eigenvalue weighted by molar-refractivity contribution is 5.85. The Morgan fingerprint density at radius 3 is 3.18 bits per heavy atom. The number of halogens is 1. The highest BCUT2D eigenvalue weighted by Crippen LogP contribution is 2.16. The second-order valence-corrected chi connectivity index (χ2v) is 2.21. The summed E-state index contributed by atoms with van der Waals surface area (Å²) in [5.41, 5.74) is 2.06. The smallest absolute Gasteiger partial charge is 0.493 e. The first-order valence-corrected chi connectivity index (χ1v) is 3.04. The molecule has 0 saturated carbocycles. The van der Waals surface area contributed by atoms with Crippen molar-refractivity contribution in [3.8, 4) is 5.88 Å². The fourth-order valence-electron chi connectivity index (χ4n) is 0.991. The number of aromatic hydroxyl groups is 1. The highest BCUT2D eigenvalue weighted by atomic mass is 35.5. The Hall–Kier alpha value is -1.09. The van der Waals surface area contributed by atoms with Gasteiger partial charge in [-0.1, -0.05) is 0 Å². The summed E-state index contributed by atoms with van der Waals surface area (Å²) in [6.07, 6.45) is 3.39. The van der Waals surface area contributed by atoms with Gasteiger partial charge >= 0.3 is 1.43 Å². The van der Waals surface area contributed by atoms with Gasteiger partial charge in [0, 0.05) is 24.0 Å². The van der Waals surface area contributed by atoms with Crippen LogP contribution in [0.15, 0.2) is 17.3 Å². The molecule has 1 aromatic heterocycles. The monoisotopic (exact) mass is 171 g/mol. The lowest BCUT2D eigenvalue weighted by atomic mass is 10.2. The molecule has 0 bridgehead atoms. The lowest BCUT2D eigenvalue weighted by Crippen LogP contribution is -1.84. The minimum Gasteiger partial charge on any atom is -0.493 e. The number of fused-ring (bicyclic) bond motifs is 1.